The highest BCUT2D eigenvalue weighted by atomic mass is 35.5. The first-order chi connectivity index (χ1) is 6.27. The topological polar surface area (TPSA) is 21.3 Å². The third kappa shape index (κ3) is 1.90. The van der Waals surface area contributed by atoms with E-state index in [9.17, 15) is 0 Å². The van der Waals surface area contributed by atoms with E-state index in [1.54, 1.807) is 6.07 Å². The molecule has 13 heavy (non-hydrogen) atoms. The van der Waals surface area contributed by atoms with Gasteiger partial charge in [0, 0.05) is 0 Å². The predicted molar refractivity (Wildman–Crippen MR) is 54.7 cm³/mol. The number of rotatable bonds is 2. The quantitative estimate of drug-likeness (QED) is 0.823. The second-order valence-corrected chi connectivity index (χ2v) is 3.77. The molecule has 1 aliphatic rings. The second kappa shape index (κ2) is 3.74. The minimum absolute atomic E-state index is 0.371. The maximum absolute atomic E-state index is 5.98. The van der Waals surface area contributed by atoms with E-state index in [-0.39, 0.29) is 0 Å². The molecule has 0 saturated carbocycles. The molecule has 1 aromatic rings. The Morgan fingerprint density at radius 2 is 2.08 bits per heavy atom. The van der Waals surface area contributed by atoms with Crippen molar-refractivity contribution in [3.8, 4) is 0 Å². The van der Waals surface area contributed by atoms with E-state index < -0.39 is 0 Å². The van der Waals surface area contributed by atoms with E-state index in [0.717, 1.165) is 18.9 Å². The molecule has 1 N–H and O–H groups in total. The van der Waals surface area contributed by atoms with Gasteiger partial charge in [-0.05, 0) is 12.1 Å². The van der Waals surface area contributed by atoms with E-state index in [0.29, 0.717) is 16.1 Å². The number of nitrogens with one attached hydrogen (secondary N) is 1. The number of anilines is 1. The maximum atomic E-state index is 5.98. The summed E-state index contributed by atoms with van der Waals surface area (Å²) >= 11 is 11.8. The van der Waals surface area contributed by atoms with Gasteiger partial charge in [-0.1, -0.05) is 29.3 Å². The Labute approximate surface area is 86.8 Å². The summed E-state index contributed by atoms with van der Waals surface area (Å²) in [6.45, 7) is 1.48. The summed E-state index contributed by atoms with van der Waals surface area (Å²) in [6.07, 6.45) is 0. The van der Waals surface area contributed by atoms with Gasteiger partial charge in [0.2, 0.25) is 0 Å². The van der Waals surface area contributed by atoms with Gasteiger partial charge in [-0.15, -0.1) is 0 Å². The summed E-state index contributed by atoms with van der Waals surface area (Å²) in [5.74, 6) is 0. The predicted octanol–water partition coefficient (Wildman–Crippen LogP) is 2.80. The van der Waals surface area contributed by atoms with Gasteiger partial charge < -0.3 is 10.1 Å². The third-order valence-corrected chi connectivity index (χ3v) is 2.77. The van der Waals surface area contributed by atoms with Crippen LogP contribution in [0.1, 0.15) is 0 Å². The fourth-order valence-corrected chi connectivity index (χ4v) is 1.51. The van der Waals surface area contributed by atoms with Gasteiger partial charge in [0.1, 0.15) is 0 Å². The molecule has 0 unspecified atom stereocenters. The van der Waals surface area contributed by atoms with E-state index in [1.807, 2.05) is 12.1 Å². The van der Waals surface area contributed by atoms with Crippen LogP contribution in [0.2, 0.25) is 10.0 Å². The molecule has 2 nitrogen and oxygen atoms in total. The summed E-state index contributed by atoms with van der Waals surface area (Å²) in [4.78, 5) is 0. The lowest BCUT2D eigenvalue weighted by molar-refractivity contribution is 0.0211. The third-order valence-electron chi connectivity index (χ3n) is 1.95. The zero-order valence-electron chi connectivity index (χ0n) is 6.89. The second-order valence-electron chi connectivity index (χ2n) is 2.98. The normalized spacial score (nSPS) is 16.8. The zero-order valence-corrected chi connectivity index (χ0v) is 8.40. The van der Waals surface area contributed by atoms with E-state index in [2.05, 4.69) is 5.32 Å². The largest absolute Gasteiger partial charge is 0.377 e. The Kier molecular flexibility index (Phi) is 2.63. The van der Waals surface area contributed by atoms with Gasteiger partial charge in [0.25, 0.3) is 0 Å². The standard InChI is InChI=1S/C9H9Cl2NO/c10-7-2-1-3-8(9(7)11)12-6-4-13-5-6/h1-3,6,12H,4-5H2. The van der Waals surface area contributed by atoms with Gasteiger partial charge in [-0.2, -0.15) is 0 Å². The lowest BCUT2D eigenvalue weighted by Gasteiger charge is -2.28. The van der Waals surface area contributed by atoms with Gasteiger partial charge >= 0.3 is 0 Å². The number of halogens is 2. The van der Waals surface area contributed by atoms with Crippen LogP contribution in [0.4, 0.5) is 5.69 Å². The van der Waals surface area contributed by atoms with Crippen molar-refractivity contribution in [3.63, 3.8) is 0 Å². The highest BCUT2D eigenvalue weighted by Crippen LogP contribution is 2.30. The minimum Gasteiger partial charge on any atom is -0.377 e. The highest BCUT2D eigenvalue weighted by Gasteiger charge is 2.18. The van der Waals surface area contributed by atoms with Gasteiger partial charge in [-0.25, -0.2) is 0 Å². The van der Waals surface area contributed by atoms with Crippen LogP contribution in [-0.4, -0.2) is 19.3 Å². The molecule has 1 heterocycles. The van der Waals surface area contributed by atoms with Crippen LogP contribution in [-0.2, 0) is 4.74 Å². The van der Waals surface area contributed by atoms with E-state index >= 15 is 0 Å². The summed E-state index contributed by atoms with van der Waals surface area (Å²) in [6, 6.07) is 5.92. The van der Waals surface area contributed by atoms with Crippen molar-refractivity contribution >= 4 is 28.9 Å². The van der Waals surface area contributed by atoms with E-state index in [1.165, 1.54) is 0 Å². The Hall–Kier alpha value is -0.440. The van der Waals surface area contributed by atoms with Crippen LogP contribution < -0.4 is 5.32 Å². The van der Waals surface area contributed by atoms with Crippen LogP contribution in [0.25, 0.3) is 0 Å². The smallest absolute Gasteiger partial charge is 0.0823 e. The molecule has 0 radical (unpaired) electrons. The van der Waals surface area contributed by atoms with Crippen molar-refractivity contribution in [2.24, 2.45) is 0 Å². The molecule has 2 rings (SSSR count). The van der Waals surface area contributed by atoms with Crippen LogP contribution in [0.3, 0.4) is 0 Å². The summed E-state index contributed by atoms with van der Waals surface area (Å²) in [5.41, 5.74) is 0.877. The Morgan fingerprint density at radius 1 is 1.31 bits per heavy atom. The average Bonchev–Trinajstić information content (AvgIpc) is 2.04. The Balaban J connectivity index is 2.14. The van der Waals surface area contributed by atoms with Crippen molar-refractivity contribution in [1.82, 2.24) is 0 Å². The number of hydrogen-bond donors (Lipinski definition) is 1. The molecule has 0 spiro atoms. The molecule has 0 bridgehead atoms. The van der Waals surface area contributed by atoms with Gasteiger partial charge in [0.15, 0.2) is 0 Å². The van der Waals surface area contributed by atoms with Crippen molar-refractivity contribution in [2.45, 2.75) is 6.04 Å². The SMILES string of the molecule is Clc1cccc(NC2COC2)c1Cl. The number of benzene rings is 1. The first kappa shape index (κ1) is 9.13. The van der Waals surface area contributed by atoms with Crippen LogP contribution in [0.5, 0.6) is 0 Å². The zero-order chi connectivity index (χ0) is 9.26. The van der Waals surface area contributed by atoms with Crippen molar-refractivity contribution < 1.29 is 4.74 Å². The van der Waals surface area contributed by atoms with Crippen molar-refractivity contribution in [2.75, 3.05) is 18.5 Å². The van der Waals surface area contributed by atoms with Gasteiger partial charge in [0.05, 0.1) is 35.0 Å². The molecule has 0 aromatic heterocycles. The monoisotopic (exact) mass is 217 g/mol. The number of ether oxygens (including phenoxy) is 1. The average molecular weight is 218 g/mol. The minimum atomic E-state index is 0.371. The lowest BCUT2D eigenvalue weighted by atomic mass is 10.2. The summed E-state index contributed by atoms with van der Waals surface area (Å²) in [5, 5.41) is 4.40. The molecule has 1 aromatic carbocycles. The maximum Gasteiger partial charge on any atom is 0.0823 e. The molecular weight excluding hydrogens is 209 g/mol. The summed E-state index contributed by atoms with van der Waals surface area (Å²) in [7, 11) is 0. The van der Waals surface area contributed by atoms with Crippen molar-refractivity contribution in [3.05, 3.63) is 28.2 Å². The molecule has 1 aliphatic heterocycles. The molecule has 4 heteroatoms. The molecule has 70 valence electrons. The molecule has 0 aliphatic carbocycles. The van der Waals surface area contributed by atoms with Crippen LogP contribution in [0.15, 0.2) is 18.2 Å². The highest BCUT2D eigenvalue weighted by molar-refractivity contribution is 6.43. The van der Waals surface area contributed by atoms with E-state index in [4.69, 9.17) is 27.9 Å². The van der Waals surface area contributed by atoms with Gasteiger partial charge in [-0.3, -0.25) is 0 Å². The van der Waals surface area contributed by atoms with Crippen molar-refractivity contribution in [1.29, 1.82) is 0 Å². The van der Waals surface area contributed by atoms with Crippen LogP contribution in [0, 0.1) is 0 Å². The molecule has 0 atom stereocenters. The summed E-state index contributed by atoms with van der Waals surface area (Å²) < 4.78 is 5.04. The molecular formula is C9H9Cl2NO. The molecule has 1 fully saturated rings. The Morgan fingerprint density at radius 3 is 2.69 bits per heavy atom. The fourth-order valence-electron chi connectivity index (χ4n) is 1.15. The first-order valence-corrected chi connectivity index (χ1v) is 4.81. The Bertz CT molecular complexity index is 312. The lowest BCUT2D eigenvalue weighted by Crippen LogP contribution is -2.40. The first-order valence-electron chi connectivity index (χ1n) is 4.05. The van der Waals surface area contributed by atoms with Crippen LogP contribution >= 0.6 is 23.2 Å². The fraction of sp³-hybridized carbons (Fsp3) is 0.333. The number of hydrogen-bond acceptors (Lipinski definition) is 2. The molecule has 0 amide bonds. The molecule has 1 saturated heterocycles.